The first-order valence-electron chi connectivity index (χ1n) is 7.12. The fourth-order valence-electron chi connectivity index (χ4n) is 2.56. The summed E-state index contributed by atoms with van der Waals surface area (Å²) in [5, 5.41) is 3.68. The minimum Gasteiger partial charge on any atom is -0.366 e. The number of thiazole rings is 1. The quantitative estimate of drug-likeness (QED) is 0.776. The van der Waals surface area contributed by atoms with Gasteiger partial charge in [0.1, 0.15) is 0 Å². The molecule has 6 heteroatoms. The Kier molecular flexibility index (Phi) is 4.24. The number of hydrogen-bond acceptors (Lipinski definition) is 3. The number of benzene rings is 1. The Morgan fingerprint density at radius 1 is 1.30 bits per heavy atom. The van der Waals surface area contributed by atoms with Crippen LogP contribution in [0.3, 0.4) is 0 Å². The lowest BCUT2D eigenvalue weighted by atomic mass is 10.2. The van der Waals surface area contributed by atoms with Gasteiger partial charge in [-0.3, -0.25) is 4.79 Å². The van der Waals surface area contributed by atoms with Crippen molar-refractivity contribution >= 4 is 28.8 Å². The summed E-state index contributed by atoms with van der Waals surface area (Å²) < 4.78 is 2.07. The van der Waals surface area contributed by atoms with Gasteiger partial charge in [-0.05, 0) is 37.6 Å². The Balaban J connectivity index is 2.09. The van der Waals surface area contributed by atoms with Gasteiger partial charge in [0.25, 0.3) is 5.91 Å². The molecule has 0 spiro atoms. The number of carbonyl (C=O) groups is 1. The highest BCUT2D eigenvalue weighted by Crippen LogP contribution is 2.28. The molecule has 4 nitrogen and oxygen atoms in total. The van der Waals surface area contributed by atoms with E-state index in [9.17, 15) is 4.79 Å². The minimum absolute atomic E-state index is 0.425. The summed E-state index contributed by atoms with van der Waals surface area (Å²) >= 11 is 7.53. The van der Waals surface area contributed by atoms with Gasteiger partial charge in [-0.25, -0.2) is 4.98 Å². The summed E-state index contributed by atoms with van der Waals surface area (Å²) in [5.74, 6) is -0.425. The second-order valence-corrected chi connectivity index (χ2v) is 6.86. The maximum atomic E-state index is 11.7. The van der Waals surface area contributed by atoms with Crippen LogP contribution in [-0.2, 0) is 6.54 Å². The van der Waals surface area contributed by atoms with E-state index in [0.29, 0.717) is 17.1 Å². The number of rotatable bonds is 4. The zero-order valence-electron chi connectivity index (χ0n) is 12.8. The molecule has 0 aliphatic carbocycles. The summed E-state index contributed by atoms with van der Waals surface area (Å²) in [7, 11) is 0. The van der Waals surface area contributed by atoms with Gasteiger partial charge < -0.3 is 10.3 Å². The first-order chi connectivity index (χ1) is 11.0. The van der Waals surface area contributed by atoms with Crippen LogP contribution < -0.4 is 5.73 Å². The molecule has 0 atom stereocenters. The van der Waals surface area contributed by atoms with Gasteiger partial charge in [0, 0.05) is 22.6 Å². The summed E-state index contributed by atoms with van der Waals surface area (Å²) in [6, 6.07) is 9.49. The van der Waals surface area contributed by atoms with E-state index in [1.54, 1.807) is 11.3 Å². The van der Waals surface area contributed by atoms with Crippen LogP contribution in [0.2, 0.25) is 5.02 Å². The molecular formula is C17H16ClN3OS. The number of amides is 1. The highest BCUT2D eigenvalue weighted by Gasteiger charge is 2.18. The molecule has 0 radical (unpaired) electrons. The van der Waals surface area contributed by atoms with Crippen LogP contribution in [0.15, 0.2) is 35.7 Å². The van der Waals surface area contributed by atoms with E-state index in [0.717, 1.165) is 27.7 Å². The first kappa shape index (κ1) is 15.8. The van der Waals surface area contributed by atoms with Crippen molar-refractivity contribution < 1.29 is 4.79 Å². The second-order valence-electron chi connectivity index (χ2n) is 5.36. The van der Waals surface area contributed by atoms with Gasteiger partial charge in [-0.2, -0.15) is 0 Å². The van der Waals surface area contributed by atoms with E-state index in [2.05, 4.69) is 9.55 Å². The van der Waals surface area contributed by atoms with Crippen molar-refractivity contribution in [1.29, 1.82) is 0 Å². The van der Waals surface area contributed by atoms with Crippen LogP contribution >= 0.6 is 22.9 Å². The highest BCUT2D eigenvalue weighted by atomic mass is 35.5. The Morgan fingerprint density at radius 3 is 2.57 bits per heavy atom. The SMILES string of the molecule is Cc1nc(-c2cc(C(N)=O)c(C)n2Cc2ccc(Cl)cc2)cs1. The van der Waals surface area contributed by atoms with E-state index in [1.165, 1.54) is 0 Å². The Bertz CT molecular complexity index is 865. The molecule has 0 unspecified atom stereocenters. The molecule has 2 heterocycles. The number of halogens is 1. The average Bonchev–Trinajstić information content (AvgIpc) is 3.06. The third kappa shape index (κ3) is 3.16. The fourth-order valence-corrected chi connectivity index (χ4v) is 3.30. The number of primary amides is 1. The smallest absolute Gasteiger partial charge is 0.250 e. The minimum atomic E-state index is -0.425. The third-order valence-electron chi connectivity index (χ3n) is 3.77. The summed E-state index contributed by atoms with van der Waals surface area (Å²) in [6.45, 7) is 4.49. The van der Waals surface area contributed by atoms with Gasteiger partial charge in [0.2, 0.25) is 0 Å². The number of carbonyl (C=O) groups excluding carboxylic acids is 1. The van der Waals surface area contributed by atoms with Gasteiger partial charge in [0.15, 0.2) is 0 Å². The number of nitrogens with zero attached hydrogens (tertiary/aromatic N) is 2. The van der Waals surface area contributed by atoms with Crippen molar-refractivity contribution in [2.45, 2.75) is 20.4 Å². The largest absolute Gasteiger partial charge is 0.366 e. The van der Waals surface area contributed by atoms with Crippen molar-refractivity contribution in [1.82, 2.24) is 9.55 Å². The fraction of sp³-hybridized carbons (Fsp3) is 0.176. The predicted molar refractivity (Wildman–Crippen MR) is 94.1 cm³/mol. The molecule has 1 amide bonds. The van der Waals surface area contributed by atoms with Crippen LogP contribution in [0.1, 0.15) is 26.6 Å². The summed E-state index contributed by atoms with van der Waals surface area (Å²) in [4.78, 5) is 16.2. The molecule has 1 aromatic carbocycles. The molecule has 3 rings (SSSR count). The van der Waals surface area contributed by atoms with Gasteiger partial charge in [-0.15, -0.1) is 11.3 Å². The summed E-state index contributed by atoms with van der Waals surface area (Å²) in [5.41, 5.74) is 9.73. The van der Waals surface area contributed by atoms with E-state index >= 15 is 0 Å². The van der Waals surface area contributed by atoms with Gasteiger partial charge in [-0.1, -0.05) is 23.7 Å². The lowest BCUT2D eigenvalue weighted by Gasteiger charge is -2.11. The number of hydrogen-bond donors (Lipinski definition) is 1. The number of aromatic nitrogens is 2. The van der Waals surface area contributed by atoms with Crippen molar-refractivity contribution in [3.8, 4) is 11.4 Å². The van der Waals surface area contributed by atoms with Gasteiger partial charge in [0.05, 0.1) is 22.0 Å². The molecule has 3 aromatic rings. The molecule has 2 aromatic heterocycles. The first-order valence-corrected chi connectivity index (χ1v) is 8.38. The molecule has 118 valence electrons. The Hall–Kier alpha value is -2.11. The molecule has 0 fully saturated rings. The van der Waals surface area contributed by atoms with E-state index in [1.807, 2.05) is 49.6 Å². The molecular weight excluding hydrogens is 330 g/mol. The monoisotopic (exact) mass is 345 g/mol. The second kappa shape index (κ2) is 6.18. The lowest BCUT2D eigenvalue weighted by Crippen LogP contribution is -2.12. The van der Waals surface area contributed by atoms with Crippen LogP contribution in [-0.4, -0.2) is 15.5 Å². The Labute approximate surface area is 143 Å². The number of aryl methyl sites for hydroxylation is 1. The lowest BCUT2D eigenvalue weighted by molar-refractivity contribution is 0.0999. The van der Waals surface area contributed by atoms with E-state index < -0.39 is 5.91 Å². The van der Waals surface area contributed by atoms with Crippen molar-refractivity contribution in [3.63, 3.8) is 0 Å². The van der Waals surface area contributed by atoms with E-state index in [-0.39, 0.29) is 0 Å². The summed E-state index contributed by atoms with van der Waals surface area (Å²) in [6.07, 6.45) is 0. The van der Waals surface area contributed by atoms with Crippen LogP contribution in [0.25, 0.3) is 11.4 Å². The zero-order valence-corrected chi connectivity index (χ0v) is 14.4. The third-order valence-corrected chi connectivity index (χ3v) is 4.79. The van der Waals surface area contributed by atoms with Crippen LogP contribution in [0.5, 0.6) is 0 Å². The normalized spacial score (nSPS) is 10.9. The molecule has 0 aliphatic heterocycles. The maximum absolute atomic E-state index is 11.7. The molecule has 0 aliphatic rings. The zero-order chi connectivity index (χ0) is 16.6. The maximum Gasteiger partial charge on any atom is 0.250 e. The highest BCUT2D eigenvalue weighted by molar-refractivity contribution is 7.09. The molecule has 0 saturated heterocycles. The topological polar surface area (TPSA) is 60.9 Å². The average molecular weight is 346 g/mol. The molecule has 0 saturated carbocycles. The van der Waals surface area contributed by atoms with Crippen molar-refractivity contribution in [3.05, 3.63) is 62.6 Å². The molecule has 23 heavy (non-hydrogen) atoms. The molecule has 2 N–H and O–H groups in total. The molecule has 0 bridgehead atoms. The Morgan fingerprint density at radius 2 is 2.00 bits per heavy atom. The number of nitrogens with two attached hydrogens (primary N) is 1. The van der Waals surface area contributed by atoms with Crippen LogP contribution in [0, 0.1) is 13.8 Å². The van der Waals surface area contributed by atoms with Crippen molar-refractivity contribution in [2.75, 3.05) is 0 Å². The van der Waals surface area contributed by atoms with Crippen LogP contribution in [0.4, 0.5) is 0 Å². The predicted octanol–water partition coefficient (Wildman–Crippen LogP) is 4.03. The standard InChI is InChI=1S/C17H16ClN3OS/c1-10-14(17(19)22)7-16(15-9-23-11(2)20-15)21(10)8-12-3-5-13(18)6-4-12/h3-7,9H,8H2,1-2H3,(H2,19,22). The van der Waals surface area contributed by atoms with Crippen molar-refractivity contribution in [2.24, 2.45) is 5.73 Å². The van der Waals surface area contributed by atoms with Gasteiger partial charge >= 0.3 is 0 Å². The van der Waals surface area contributed by atoms with E-state index in [4.69, 9.17) is 17.3 Å².